The highest BCUT2D eigenvalue weighted by atomic mass is 35.5. The average molecular weight is 341 g/mol. The van der Waals surface area contributed by atoms with E-state index in [1.807, 2.05) is 18.2 Å². The average Bonchev–Trinajstić information content (AvgIpc) is 2.58. The maximum absolute atomic E-state index is 11.8. The van der Waals surface area contributed by atoms with Gasteiger partial charge in [-0.25, -0.2) is 0 Å². The zero-order valence-corrected chi connectivity index (χ0v) is 13.8. The molecular formula is C19H17ClN2O2. The number of nitrogens with one attached hydrogen (secondary N) is 2. The van der Waals surface area contributed by atoms with E-state index in [2.05, 4.69) is 16.6 Å². The van der Waals surface area contributed by atoms with Crippen LogP contribution in [0.15, 0.2) is 48.5 Å². The maximum atomic E-state index is 11.8. The van der Waals surface area contributed by atoms with Gasteiger partial charge in [-0.15, -0.1) is 6.42 Å². The van der Waals surface area contributed by atoms with E-state index < -0.39 is 0 Å². The summed E-state index contributed by atoms with van der Waals surface area (Å²) in [5.74, 6) is 2.00. The van der Waals surface area contributed by atoms with Gasteiger partial charge in [0.25, 0.3) is 0 Å². The van der Waals surface area contributed by atoms with E-state index in [9.17, 15) is 9.59 Å². The number of carbonyl (C=O) groups is 2. The first-order chi connectivity index (χ1) is 11.6. The summed E-state index contributed by atoms with van der Waals surface area (Å²) >= 11 is 5.90. The highest BCUT2D eigenvalue weighted by Gasteiger charge is 2.07. The molecule has 2 rings (SSSR count). The van der Waals surface area contributed by atoms with Gasteiger partial charge in [0.2, 0.25) is 11.8 Å². The van der Waals surface area contributed by atoms with Crippen molar-refractivity contribution >= 4 is 29.1 Å². The highest BCUT2D eigenvalue weighted by Crippen LogP contribution is 2.12. The predicted molar refractivity (Wildman–Crippen MR) is 95.8 cm³/mol. The van der Waals surface area contributed by atoms with Crippen LogP contribution in [0.1, 0.15) is 17.5 Å². The standard InChI is InChI=1S/C19H17ClN2O2/c1-2-14-5-4-8-17(12-14)22-19(24)13-21-18(23)10-9-15-6-3-7-16(20)11-15/h1,3-8,11-12H,9-10,13H2,(H,21,23)(H,22,24). The van der Waals surface area contributed by atoms with Crippen LogP contribution in [0.4, 0.5) is 5.69 Å². The molecule has 0 heterocycles. The summed E-state index contributed by atoms with van der Waals surface area (Å²) in [7, 11) is 0. The molecule has 0 aliphatic carbocycles. The van der Waals surface area contributed by atoms with Crippen molar-refractivity contribution in [3.63, 3.8) is 0 Å². The first-order valence-corrected chi connectivity index (χ1v) is 7.82. The zero-order valence-electron chi connectivity index (χ0n) is 13.0. The van der Waals surface area contributed by atoms with Crippen LogP contribution >= 0.6 is 11.6 Å². The van der Waals surface area contributed by atoms with E-state index in [-0.39, 0.29) is 18.4 Å². The minimum atomic E-state index is -0.305. The molecule has 0 saturated heterocycles. The smallest absolute Gasteiger partial charge is 0.243 e. The Balaban J connectivity index is 1.75. The number of benzene rings is 2. The molecule has 0 aromatic heterocycles. The van der Waals surface area contributed by atoms with Crippen molar-refractivity contribution in [1.82, 2.24) is 5.32 Å². The number of hydrogen-bond donors (Lipinski definition) is 2. The van der Waals surface area contributed by atoms with Crippen LogP contribution in [0.25, 0.3) is 0 Å². The number of rotatable bonds is 6. The molecule has 2 amide bonds. The Morgan fingerprint density at radius 1 is 1.08 bits per heavy atom. The predicted octanol–water partition coefficient (Wildman–Crippen LogP) is 3.01. The third-order valence-corrected chi connectivity index (χ3v) is 3.52. The van der Waals surface area contributed by atoms with Crippen LogP contribution in [-0.4, -0.2) is 18.4 Å². The third kappa shape index (κ3) is 5.79. The van der Waals surface area contributed by atoms with E-state index >= 15 is 0 Å². The normalized spacial score (nSPS) is 9.83. The molecule has 0 aliphatic rings. The fraction of sp³-hybridized carbons (Fsp3) is 0.158. The van der Waals surface area contributed by atoms with Gasteiger partial charge in [0.05, 0.1) is 6.54 Å². The van der Waals surface area contributed by atoms with Gasteiger partial charge >= 0.3 is 0 Å². The molecule has 24 heavy (non-hydrogen) atoms. The van der Waals surface area contributed by atoms with Crippen molar-refractivity contribution in [2.45, 2.75) is 12.8 Å². The van der Waals surface area contributed by atoms with Crippen molar-refractivity contribution in [2.75, 3.05) is 11.9 Å². The molecule has 0 radical (unpaired) electrons. The summed E-state index contributed by atoms with van der Waals surface area (Å²) < 4.78 is 0. The van der Waals surface area contributed by atoms with Gasteiger partial charge < -0.3 is 10.6 Å². The summed E-state index contributed by atoms with van der Waals surface area (Å²) in [4.78, 5) is 23.6. The number of anilines is 1. The summed E-state index contributed by atoms with van der Waals surface area (Å²) in [6, 6.07) is 14.3. The summed E-state index contributed by atoms with van der Waals surface area (Å²) in [5.41, 5.74) is 2.26. The number of terminal acetylenes is 1. The van der Waals surface area contributed by atoms with Crippen molar-refractivity contribution < 1.29 is 9.59 Å². The number of amides is 2. The molecule has 0 bridgehead atoms. The molecule has 4 nitrogen and oxygen atoms in total. The largest absolute Gasteiger partial charge is 0.347 e. The van der Waals surface area contributed by atoms with Gasteiger partial charge in [-0.1, -0.05) is 35.7 Å². The first kappa shape index (κ1) is 17.6. The molecule has 0 saturated carbocycles. The number of aryl methyl sites for hydroxylation is 1. The second-order valence-corrected chi connectivity index (χ2v) is 5.62. The molecule has 0 fully saturated rings. The first-order valence-electron chi connectivity index (χ1n) is 7.44. The van der Waals surface area contributed by atoms with Gasteiger partial charge in [0, 0.05) is 22.7 Å². The van der Waals surface area contributed by atoms with E-state index in [1.165, 1.54) is 0 Å². The molecule has 2 N–H and O–H groups in total. The molecule has 2 aromatic rings. The molecule has 2 aromatic carbocycles. The molecule has 0 atom stereocenters. The van der Waals surface area contributed by atoms with Gasteiger partial charge in [0.15, 0.2) is 0 Å². The van der Waals surface area contributed by atoms with Crippen LogP contribution in [0, 0.1) is 12.3 Å². The van der Waals surface area contributed by atoms with Crippen LogP contribution in [-0.2, 0) is 16.0 Å². The molecule has 5 heteroatoms. The number of halogens is 1. The lowest BCUT2D eigenvalue weighted by Crippen LogP contribution is -2.32. The van der Waals surface area contributed by atoms with Crippen molar-refractivity contribution in [1.29, 1.82) is 0 Å². The maximum Gasteiger partial charge on any atom is 0.243 e. The quantitative estimate of drug-likeness (QED) is 0.794. The van der Waals surface area contributed by atoms with E-state index in [0.717, 1.165) is 5.56 Å². The third-order valence-electron chi connectivity index (χ3n) is 3.29. The molecule has 0 aliphatic heterocycles. The Bertz CT molecular complexity index is 781. The van der Waals surface area contributed by atoms with Crippen molar-refractivity contribution in [3.05, 3.63) is 64.7 Å². The minimum Gasteiger partial charge on any atom is -0.347 e. The topological polar surface area (TPSA) is 58.2 Å². The van der Waals surface area contributed by atoms with Gasteiger partial charge in [-0.2, -0.15) is 0 Å². The summed E-state index contributed by atoms with van der Waals surface area (Å²) in [5, 5.41) is 5.92. The highest BCUT2D eigenvalue weighted by molar-refractivity contribution is 6.30. The lowest BCUT2D eigenvalue weighted by molar-refractivity contribution is -0.124. The second kappa shape index (κ2) is 8.76. The SMILES string of the molecule is C#Cc1cccc(NC(=O)CNC(=O)CCc2cccc(Cl)c2)c1. The van der Waals surface area contributed by atoms with E-state index in [0.29, 0.717) is 29.1 Å². The zero-order chi connectivity index (χ0) is 17.4. The Kier molecular flexibility index (Phi) is 6.41. The fourth-order valence-electron chi connectivity index (χ4n) is 2.11. The Labute approximate surface area is 146 Å². The monoisotopic (exact) mass is 340 g/mol. The Morgan fingerprint density at radius 3 is 2.62 bits per heavy atom. The van der Waals surface area contributed by atoms with E-state index in [1.54, 1.807) is 30.3 Å². The van der Waals surface area contributed by atoms with Crippen molar-refractivity contribution in [2.24, 2.45) is 0 Å². The van der Waals surface area contributed by atoms with Crippen LogP contribution < -0.4 is 10.6 Å². The molecule has 122 valence electrons. The minimum absolute atomic E-state index is 0.0886. The second-order valence-electron chi connectivity index (χ2n) is 5.18. The van der Waals surface area contributed by atoms with Gasteiger partial charge in [-0.05, 0) is 42.3 Å². The Hall–Kier alpha value is -2.77. The number of carbonyl (C=O) groups excluding carboxylic acids is 2. The fourth-order valence-corrected chi connectivity index (χ4v) is 2.32. The van der Waals surface area contributed by atoms with Crippen LogP contribution in [0.3, 0.4) is 0 Å². The van der Waals surface area contributed by atoms with Gasteiger partial charge in [0.1, 0.15) is 0 Å². The van der Waals surface area contributed by atoms with E-state index in [4.69, 9.17) is 18.0 Å². The lowest BCUT2D eigenvalue weighted by Gasteiger charge is -2.07. The summed E-state index contributed by atoms with van der Waals surface area (Å²) in [6.45, 7) is -0.0886. The summed E-state index contributed by atoms with van der Waals surface area (Å²) in [6.07, 6.45) is 6.17. The number of hydrogen-bond acceptors (Lipinski definition) is 2. The lowest BCUT2D eigenvalue weighted by atomic mass is 10.1. The van der Waals surface area contributed by atoms with Crippen molar-refractivity contribution in [3.8, 4) is 12.3 Å². The molecular weight excluding hydrogens is 324 g/mol. The molecule has 0 spiro atoms. The Morgan fingerprint density at radius 2 is 1.88 bits per heavy atom. The van der Waals surface area contributed by atoms with Crippen LogP contribution in [0.2, 0.25) is 5.02 Å². The molecule has 0 unspecified atom stereocenters. The van der Waals surface area contributed by atoms with Crippen LogP contribution in [0.5, 0.6) is 0 Å². The van der Waals surface area contributed by atoms with Gasteiger partial charge in [-0.3, -0.25) is 9.59 Å².